The number of aryl methyl sites for hydroxylation is 1. The minimum atomic E-state index is -4.51. The second kappa shape index (κ2) is 13.8. The Morgan fingerprint density at radius 3 is 2.60 bits per heavy atom. The molecule has 3 amide bonds. The number of nitrogens with one attached hydrogen (secondary N) is 2. The molecule has 11 heteroatoms. The quantitative estimate of drug-likeness (QED) is 0.276. The van der Waals surface area contributed by atoms with Crippen molar-refractivity contribution in [3.05, 3.63) is 82.5 Å². The van der Waals surface area contributed by atoms with Crippen LogP contribution in [0.25, 0.3) is 11.1 Å². The van der Waals surface area contributed by atoms with E-state index in [4.69, 9.17) is 0 Å². The lowest BCUT2D eigenvalue weighted by molar-refractivity contribution is -0.137. The van der Waals surface area contributed by atoms with E-state index in [9.17, 15) is 27.6 Å². The SMILES string of the molecule is Cc1cccc(-c2cnc(N3CCC(CNCc4ccc5c(c4)CN(C(C)CCC(=O)NC=O)C5=O)CC3)c(C(F)(F)F)c2)c1. The second-order valence-corrected chi connectivity index (χ2v) is 12.0. The monoisotopic (exact) mass is 621 g/mol. The summed E-state index contributed by atoms with van der Waals surface area (Å²) < 4.78 is 42.3. The first-order valence-corrected chi connectivity index (χ1v) is 15.3. The number of carbonyl (C=O) groups excluding carboxylic acids is 3. The molecule has 2 N–H and O–H groups in total. The van der Waals surface area contributed by atoms with Gasteiger partial charge in [0.15, 0.2) is 0 Å². The molecule has 8 nitrogen and oxygen atoms in total. The Bertz CT molecular complexity index is 1550. The van der Waals surface area contributed by atoms with E-state index in [1.54, 1.807) is 15.9 Å². The van der Waals surface area contributed by atoms with Crippen molar-refractivity contribution >= 4 is 24.0 Å². The van der Waals surface area contributed by atoms with Crippen molar-refractivity contribution in [1.29, 1.82) is 0 Å². The smallest absolute Gasteiger partial charge is 0.356 e. The Kier molecular flexibility index (Phi) is 9.86. The second-order valence-electron chi connectivity index (χ2n) is 12.0. The summed E-state index contributed by atoms with van der Waals surface area (Å²) in [6.07, 6.45) is -0.494. The van der Waals surface area contributed by atoms with Crippen LogP contribution in [0.5, 0.6) is 0 Å². The normalized spacial score (nSPS) is 16.1. The standard InChI is InChI=1S/C34H38F3N5O3/c1-22-4-3-5-26(14-22)27-16-30(34(35,36)37)32(39-19-27)41-12-10-24(11-13-41)17-38-18-25-7-8-29-28(15-25)20-42(33(29)45)23(2)6-9-31(44)40-21-43/h3-5,7-8,14-16,19,21,23-24,38H,6,9-13,17-18,20H2,1-2H3,(H,40,43,44). The number of nitrogens with zero attached hydrogens (tertiary/aromatic N) is 3. The van der Waals surface area contributed by atoms with E-state index in [-0.39, 0.29) is 30.1 Å². The molecule has 238 valence electrons. The van der Waals surface area contributed by atoms with Crippen LogP contribution in [0, 0.1) is 12.8 Å². The van der Waals surface area contributed by atoms with Crippen molar-refractivity contribution < 1.29 is 27.6 Å². The van der Waals surface area contributed by atoms with Crippen molar-refractivity contribution in [2.45, 2.75) is 64.8 Å². The van der Waals surface area contributed by atoms with Gasteiger partial charge in [-0.3, -0.25) is 19.7 Å². The molecule has 5 rings (SSSR count). The largest absolute Gasteiger partial charge is 0.419 e. The molecule has 2 aliphatic rings. The lowest BCUT2D eigenvalue weighted by Crippen LogP contribution is -2.38. The highest BCUT2D eigenvalue weighted by Gasteiger charge is 2.37. The fourth-order valence-corrected chi connectivity index (χ4v) is 6.17. The van der Waals surface area contributed by atoms with E-state index < -0.39 is 11.7 Å². The number of pyridine rings is 1. The highest BCUT2D eigenvalue weighted by Crippen LogP contribution is 2.39. The van der Waals surface area contributed by atoms with Gasteiger partial charge in [-0.2, -0.15) is 13.2 Å². The zero-order valence-corrected chi connectivity index (χ0v) is 25.5. The molecule has 1 atom stereocenters. The average molecular weight is 622 g/mol. The number of hydrogen-bond acceptors (Lipinski definition) is 6. The van der Waals surface area contributed by atoms with Gasteiger partial charge in [-0.15, -0.1) is 0 Å². The van der Waals surface area contributed by atoms with Crippen molar-refractivity contribution in [2.75, 3.05) is 24.5 Å². The fourth-order valence-electron chi connectivity index (χ4n) is 6.17. The summed E-state index contributed by atoms with van der Waals surface area (Å²) >= 11 is 0. The maximum atomic E-state index is 14.1. The van der Waals surface area contributed by atoms with Crippen LogP contribution in [0.4, 0.5) is 19.0 Å². The summed E-state index contributed by atoms with van der Waals surface area (Å²) in [6.45, 7) is 6.62. The number of piperidine rings is 1. The van der Waals surface area contributed by atoms with Crippen LogP contribution in [-0.4, -0.2) is 53.8 Å². The van der Waals surface area contributed by atoms with Crippen LogP contribution in [0.2, 0.25) is 0 Å². The molecule has 1 unspecified atom stereocenters. The topological polar surface area (TPSA) is 94.6 Å². The molecule has 45 heavy (non-hydrogen) atoms. The third kappa shape index (κ3) is 7.70. The van der Waals surface area contributed by atoms with Gasteiger partial charge in [-0.25, -0.2) is 4.98 Å². The maximum absolute atomic E-state index is 14.1. The van der Waals surface area contributed by atoms with E-state index in [1.165, 1.54) is 12.3 Å². The van der Waals surface area contributed by atoms with Crippen molar-refractivity contribution in [3.8, 4) is 11.1 Å². The number of imide groups is 1. The predicted molar refractivity (Wildman–Crippen MR) is 165 cm³/mol. The van der Waals surface area contributed by atoms with Crippen molar-refractivity contribution in [2.24, 2.45) is 5.92 Å². The molecule has 1 saturated heterocycles. The van der Waals surface area contributed by atoms with Crippen molar-refractivity contribution in [3.63, 3.8) is 0 Å². The molecule has 2 aliphatic heterocycles. The number of alkyl halides is 3. The number of aromatic nitrogens is 1. The summed E-state index contributed by atoms with van der Waals surface area (Å²) in [7, 11) is 0. The van der Waals surface area contributed by atoms with Gasteiger partial charge >= 0.3 is 6.18 Å². The van der Waals surface area contributed by atoms with Gasteiger partial charge in [0.05, 0.1) is 5.56 Å². The molecule has 0 saturated carbocycles. The molecule has 1 aromatic heterocycles. The first kappa shape index (κ1) is 32.2. The summed E-state index contributed by atoms with van der Waals surface area (Å²) in [5.74, 6) is -0.112. The fraction of sp³-hybridized carbons (Fsp3) is 0.412. The Balaban J connectivity index is 1.13. The lowest BCUT2D eigenvalue weighted by Gasteiger charge is -2.34. The van der Waals surface area contributed by atoms with Crippen LogP contribution < -0.4 is 15.5 Å². The number of benzene rings is 2. The van der Waals surface area contributed by atoms with Gasteiger partial charge < -0.3 is 15.1 Å². The highest BCUT2D eigenvalue weighted by molar-refractivity contribution is 5.98. The Morgan fingerprint density at radius 2 is 1.89 bits per heavy atom. The Morgan fingerprint density at radius 1 is 1.11 bits per heavy atom. The lowest BCUT2D eigenvalue weighted by atomic mass is 9.96. The molecular formula is C34H38F3N5O3. The minimum absolute atomic E-state index is 0.00871. The molecule has 1 fully saturated rings. The summed E-state index contributed by atoms with van der Waals surface area (Å²) in [5, 5.41) is 5.61. The van der Waals surface area contributed by atoms with Gasteiger partial charge in [0.2, 0.25) is 12.3 Å². The zero-order chi connectivity index (χ0) is 32.1. The van der Waals surface area contributed by atoms with E-state index >= 15 is 0 Å². The number of amides is 3. The Labute approximate surface area is 261 Å². The minimum Gasteiger partial charge on any atom is -0.356 e. The molecule has 3 aromatic rings. The molecule has 0 aliphatic carbocycles. The molecule has 3 heterocycles. The molecule has 0 radical (unpaired) electrons. The number of carbonyl (C=O) groups is 3. The van der Waals surface area contributed by atoms with Crippen LogP contribution in [0.3, 0.4) is 0 Å². The van der Waals surface area contributed by atoms with Crippen LogP contribution >= 0.6 is 0 Å². The first-order chi connectivity index (χ1) is 21.5. The first-order valence-electron chi connectivity index (χ1n) is 15.3. The molecular weight excluding hydrogens is 583 g/mol. The third-order valence-corrected chi connectivity index (χ3v) is 8.74. The number of rotatable bonds is 11. The van der Waals surface area contributed by atoms with E-state index in [0.29, 0.717) is 61.6 Å². The number of anilines is 1. The van der Waals surface area contributed by atoms with Gasteiger partial charge in [0.1, 0.15) is 5.82 Å². The zero-order valence-electron chi connectivity index (χ0n) is 25.5. The summed E-state index contributed by atoms with van der Waals surface area (Å²) in [5.41, 5.74) is 4.08. The van der Waals surface area contributed by atoms with Gasteiger partial charge in [-0.05, 0) is 74.4 Å². The molecule has 0 spiro atoms. The Hall–Kier alpha value is -4.25. The predicted octanol–water partition coefficient (Wildman–Crippen LogP) is 5.48. The molecule has 2 aromatic carbocycles. The van der Waals surface area contributed by atoms with Crippen LogP contribution in [-0.2, 0) is 28.9 Å². The van der Waals surface area contributed by atoms with Crippen LogP contribution in [0.15, 0.2) is 54.7 Å². The van der Waals surface area contributed by atoms with Crippen molar-refractivity contribution in [1.82, 2.24) is 20.5 Å². The average Bonchev–Trinajstić information content (AvgIpc) is 3.35. The summed E-state index contributed by atoms with van der Waals surface area (Å²) in [6, 6.07) is 14.3. The van der Waals surface area contributed by atoms with Gasteiger partial charge in [0.25, 0.3) is 5.91 Å². The van der Waals surface area contributed by atoms with E-state index in [2.05, 4.69) is 15.6 Å². The number of hydrogen-bond donors (Lipinski definition) is 2. The molecule has 0 bridgehead atoms. The maximum Gasteiger partial charge on any atom is 0.419 e. The van der Waals surface area contributed by atoms with Gasteiger partial charge in [0, 0.05) is 56.0 Å². The highest BCUT2D eigenvalue weighted by atomic mass is 19.4. The number of halogens is 3. The summed E-state index contributed by atoms with van der Waals surface area (Å²) in [4.78, 5) is 42.8. The van der Waals surface area contributed by atoms with E-state index in [1.807, 2.05) is 50.2 Å². The van der Waals surface area contributed by atoms with Crippen LogP contribution in [0.1, 0.15) is 65.2 Å². The number of fused-ring (bicyclic) bond motifs is 1. The third-order valence-electron chi connectivity index (χ3n) is 8.74. The van der Waals surface area contributed by atoms with Gasteiger partial charge in [-0.1, -0.05) is 42.0 Å². The van der Waals surface area contributed by atoms with E-state index in [0.717, 1.165) is 36.1 Å².